The van der Waals surface area contributed by atoms with Crippen LogP contribution in [0.3, 0.4) is 0 Å². The zero-order valence-electron chi connectivity index (χ0n) is 19.3. The number of phenols is 1. The van der Waals surface area contributed by atoms with Crippen molar-refractivity contribution < 1.29 is 14.3 Å². The van der Waals surface area contributed by atoms with Crippen LogP contribution >= 0.6 is 0 Å². The molecule has 1 N–H and O–H groups in total. The van der Waals surface area contributed by atoms with E-state index in [1.165, 1.54) is 43.9 Å². The van der Waals surface area contributed by atoms with E-state index in [0.717, 1.165) is 36.9 Å². The lowest BCUT2D eigenvalue weighted by atomic mass is 9.68. The summed E-state index contributed by atoms with van der Waals surface area (Å²) in [6.45, 7) is 4.91. The number of aryl methyl sites for hydroxylation is 1. The van der Waals surface area contributed by atoms with Gasteiger partial charge in [-0.1, -0.05) is 18.1 Å². The Morgan fingerprint density at radius 1 is 1.21 bits per heavy atom. The molecule has 4 heterocycles. The third-order valence-electron chi connectivity index (χ3n) is 8.58. The molecule has 0 saturated carbocycles. The molecule has 3 saturated heterocycles. The monoisotopic (exact) mass is 448 g/mol. The molecule has 2 aromatic rings. The van der Waals surface area contributed by atoms with Crippen molar-refractivity contribution in [1.29, 1.82) is 0 Å². The van der Waals surface area contributed by atoms with E-state index in [0.29, 0.717) is 29.0 Å². The minimum Gasteiger partial charge on any atom is -0.508 e. The quantitative estimate of drug-likeness (QED) is 0.559. The molecule has 1 aromatic heterocycles. The van der Waals surface area contributed by atoms with Gasteiger partial charge in [0, 0.05) is 30.6 Å². The lowest BCUT2D eigenvalue weighted by Crippen LogP contribution is -2.60. The molecule has 4 atom stereocenters. The van der Waals surface area contributed by atoms with Crippen molar-refractivity contribution in [3.05, 3.63) is 51.4 Å². The summed E-state index contributed by atoms with van der Waals surface area (Å²) in [5, 5.41) is 10.5. The first-order chi connectivity index (χ1) is 16.0. The van der Waals surface area contributed by atoms with Crippen molar-refractivity contribution in [3.8, 4) is 5.75 Å². The molecule has 6 nitrogen and oxygen atoms in total. The van der Waals surface area contributed by atoms with Gasteiger partial charge < -0.3 is 14.4 Å². The van der Waals surface area contributed by atoms with Gasteiger partial charge in [-0.15, -0.1) is 0 Å². The second-order valence-electron chi connectivity index (χ2n) is 10.4. The lowest BCUT2D eigenvalue weighted by molar-refractivity contribution is -0.135. The van der Waals surface area contributed by atoms with E-state index >= 15 is 0 Å². The Labute approximate surface area is 193 Å². The summed E-state index contributed by atoms with van der Waals surface area (Å²) in [5.41, 5.74) is 2.53. The maximum atomic E-state index is 13.6. The van der Waals surface area contributed by atoms with Crippen molar-refractivity contribution >= 4 is 16.9 Å². The topological polar surface area (TPSA) is 74.0 Å². The number of benzene rings is 1. The molecule has 2 unspecified atom stereocenters. The normalized spacial score (nSPS) is 29.4. The highest BCUT2D eigenvalue weighted by molar-refractivity contribution is 5.85. The fraction of sp³-hybridized carbons (Fsp3) is 0.556. The highest BCUT2D eigenvalue weighted by atomic mass is 16.4. The number of hydrogen-bond acceptors (Lipinski definition) is 5. The summed E-state index contributed by atoms with van der Waals surface area (Å²) < 4.78 is 5.47. The molecule has 4 aliphatic rings. The molecule has 1 amide bonds. The summed E-state index contributed by atoms with van der Waals surface area (Å²) in [7, 11) is 0. The van der Waals surface area contributed by atoms with E-state index in [2.05, 4.69) is 15.9 Å². The van der Waals surface area contributed by atoms with Gasteiger partial charge in [0.2, 0.25) is 5.91 Å². The molecule has 33 heavy (non-hydrogen) atoms. The zero-order valence-corrected chi connectivity index (χ0v) is 19.3. The largest absolute Gasteiger partial charge is 0.508 e. The van der Waals surface area contributed by atoms with Gasteiger partial charge in [0.1, 0.15) is 11.3 Å². The van der Waals surface area contributed by atoms with Gasteiger partial charge in [0.25, 0.3) is 0 Å². The van der Waals surface area contributed by atoms with Crippen molar-refractivity contribution in [2.75, 3.05) is 19.6 Å². The Kier molecular flexibility index (Phi) is 5.09. The van der Waals surface area contributed by atoms with Crippen LogP contribution in [0.1, 0.15) is 49.7 Å². The average molecular weight is 449 g/mol. The standard InChI is InChI=1S/C27H32N2O4/c1-16-21-8-7-20(30)13-24(21)33-27(32)22(16)14-25(31)29-10-4-5-17-11-18-12-19(26(17)29)15-28-9-3-2-6-23(18)28/h7-8,11,13,18-19,23,26,30H,2-6,9-10,12,14-15H2,1H3/t18?,19?,23-,26-/m1/s1. The third kappa shape index (κ3) is 3.50. The molecule has 0 radical (unpaired) electrons. The van der Waals surface area contributed by atoms with Crippen LogP contribution in [0.2, 0.25) is 0 Å². The summed E-state index contributed by atoms with van der Waals surface area (Å²) >= 11 is 0. The molecular formula is C27H32N2O4. The van der Waals surface area contributed by atoms with Crippen LogP contribution in [0.25, 0.3) is 11.0 Å². The first-order valence-corrected chi connectivity index (χ1v) is 12.5. The van der Waals surface area contributed by atoms with Crippen molar-refractivity contribution in [2.45, 2.75) is 64.0 Å². The van der Waals surface area contributed by atoms with Crippen molar-refractivity contribution in [1.82, 2.24) is 9.80 Å². The van der Waals surface area contributed by atoms with Gasteiger partial charge in [-0.3, -0.25) is 9.69 Å². The first kappa shape index (κ1) is 21.0. The molecule has 3 fully saturated rings. The van der Waals surface area contributed by atoms with Crippen LogP contribution in [0, 0.1) is 18.8 Å². The van der Waals surface area contributed by atoms with Gasteiger partial charge >= 0.3 is 5.63 Å². The molecule has 6 heteroatoms. The average Bonchev–Trinajstić information content (AvgIpc) is 2.81. The Morgan fingerprint density at radius 3 is 2.97 bits per heavy atom. The van der Waals surface area contributed by atoms with E-state index in [1.807, 2.05) is 6.92 Å². The fourth-order valence-corrected chi connectivity index (χ4v) is 7.09. The molecule has 0 spiro atoms. The van der Waals surface area contributed by atoms with Crippen LogP contribution in [-0.2, 0) is 11.2 Å². The second-order valence-corrected chi connectivity index (χ2v) is 10.4. The second kappa shape index (κ2) is 8.01. The SMILES string of the molecule is Cc1c(CC(=O)N2CCCC3=CC4CC(CN5CCCC[C@H]45)[C@@H]32)c(=O)oc2cc(O)ccc12. The molecular weight excluding hydrogens is 416 g/mol. The van der Waals surface area contributed by atoms with Gasteiger partial charge in [-0.05, 0) is 75.1 Å². The number of amides is 1. The Bertz CT molecular complexity index is 1200. The lowest BCUT2D eigenvalue weighted by Gasteiger charge is -2.54. The van der Waals surface area contributed by atoms with E-state index in [9.17, 15) is 14.7 Å². The zero-order chi connectivity index (χ0) is 22.7. The van der Waals surface area contributed by atoms with Crippen LogP contribution in [-0.4, -0.2) is 52.5 Å². The Hall–Kier alpha value is -2.60. The number of hydrogen-bond donors (Lipinski definition) is 1. The molecule has 174 valence electrons. The summed E-state index contributed by atoms with van der Waals surface area (Å²) in [6, 6.07) is 5.65. The number of likely N-dealkylation sites (tertiary alicyclic amines) is 1. The number of rotatable bonds is 2. The smallest absolute Gasteiger partial charge is 0.340 e. The highest BCUT2D eigenvalue weighted by Crippen LogP contribution is 2.45. The Morgan fingerprint density at radius 2 is 2.09 bits per heavy atom. The molecule has 3 aliphatic heterocycles. The van der Waals surface area contributed by atoms with Crippen LogP contribution in [0.15, 0.2) is 39.1 Å². The maximum Gasteiger partial charge on any atom is 0.340 e. The van der Waals surface area contributed by atoms with E-state index < -0.39 is 5.63 Å². The van der Waals surface area contributed by atoms with Crippen LogP contribution in [0.5, 0.6) is 5.75 Å². The Balaban J connectivity index is 1.30. The molecule has 1 aliphatic carbocycles. The van der Waals surface area contributed by atoms with Gasteiger partial charge in [0.05, 0.1) is 18.0 Å². The molecule has 2 bridgehead atoms. The predicted molar refractivity (Wildman–Crippen MR) is 126 cm³/mol. The number of fused-ring (bicyclic) bond motifs is 7. The van der Waals surface area contributed by atoms with Gasteiger partial charge in [-0.25, -0.2) is 4.79 Å². The third-order valence-corrected chi connectivity index (χ3v) is 8.58. The van der Waals surface area contributed by atoms with E-state index in [4.69, 9.17) is 4.42 Å². The predicted octanol–water partition coefficient (Wildman–Crippen LogP) is 3.77. The van der Waals surface area contributed by atoms with Gasteiger partial charge in [0.15, 0.2) is 0 Å². The summed E-state index contributed by atoms with van der Waals surface area (Å²) in [6.07, 6.45) is 9.79. The molecule has 1 aromatic carbocycles. The number of aromatic hydroxyl groups is 1. The minimum absolute atomic E-state index is 0.0262. The summed E-state index contributed by atoms with van der Waals surface area (Å²) in [4.78, 5) is 31.1. The summed E-state index contributed by atoms with van der Waals surface area (Å²) in [5.74, 6) is 1.21. The van der Waals surface area contributed by atoms with Gasteiger partial charge in [-0.2, -0.15) is 0 Å². The number of phenolic OH excluding ortho intramolecular Hbond substituents is 1. The van der Waals surface area contributed by atoms with E-state index in [1.54, 1.807) is 12.1 Å². The maximum absolute atomic E-state index is 13.6. The fourth-order valence-electron chi connectivity index (χ4n) is 7.09. The minimum atomic E-state index is -0.482. The first-order valence-electron chi connectivity index (χ1n) is 12.5. The van der Waals surface area contributed by atoms with E-state index in [-0.39, 0.29) is 24.1 Å². The number of nitrogens with zero attached hydrogens (tertiary/aromatic N) is 2. The van der Waals surface area contributed by atoms with Crippen LogP contribution in [0.4, 0.5) is 0 Å². The molecule has 6 rings (SSSR count). The number of piperidine rings is 3. The highest BCUT2D eigenvalue weighted by Gasteiger charge is 2.46. The number of carbonyl (C=O) groups is 1. The number of carbonyl (C=O) groups excluding carboxylic acids is 1. The van der Waals surface area contributed by atoms with Crippen molar-refractivity contribution in [3.63, 3.8) is 0 Å². The van der Waals surface area contributed by atoms with Crippen molar-refractivity contribution in [2.24, 2.45) is 11.8 Å². The van der Waals surface area contributed by atoms with Crippen LogP contribution < -0.4 is 5.63 Å².